The zero-order chi connectivity index (χ0) is 18.7. The largest absolute Gasteiger partial charge is 0.393 e. The maximum absolute atomic E-state index is 12.5. The number of hydrogen-bond acceptors (Lipinski definition) is 3. The van der Waals surface area contributed by atoms with Crippen LogP contribution in [-0.2, 0) is 14.3 Å². The second-order valence-corrected chi connectivity index (χ2v) is 8.45. The number of unbranched alkanes of at least 4 members (excludes halogenated alkanes) is 7. The molecular weight excluding hydrogens is 312 g/mol. The summed E-state index contributed by atoms with van der Waals surface area (Å²) in [5, 5.41) is 0. The highest BCUT2D eigenvalue weighted by atomic mass is 16.6. The maximum atomic E-state index is 12.5. The number of carbonyl (C=O) groups excluding carboxylic acids is 2. The van der Waals surface area contributed by atoms with E-state index in [-0.39, 0.29) is 17.9 Å². The van der Waals surface area contributed by atoms with Crippen molar-refractivity contribution in [3.8, 4) is 0 Å². The Morgan fingerprint density at radius 2 is 1.56 bits per heavy atom. The minimum Gasteiger partial charge on any atom is -0.393 e. The van der Waals surface area contributed by atoms with E-state index in [1.54, 1.807) is 0 Å². The van der Waals surface area contributed by atoms with Gasteiger partial charge < -0.3 is 4.74 Å². The summed E-state index contributed by atoms with van der Waals surface area (Å²) in [7, 11) is 0. The van der Waals surface area contributed by atoms with Crippen molar-refractivity contribution in [2.75, 3.05) is 0 Å². The second-order valence-electron chi connectivity index (χ2n) is 8.45. The van der Waals surface area contributed by atoms with Crippen LogP contribution < -0.4 is 0 Å². The molecule has 1 aliphatic rings. The quantitative estimate of drug-likeness (QED) is 0.249. The van der Waals surface area contributed by atoms with E-state index >= 15 is 0 Å². The molecule has 3 heteroatoms. The zero-order valence-corrected chi connectivity index (χ0v) is 17.0. The third kappa shape index (κ3) is 8.87. The highest BCUT2D eigenvalue weighted by molar-refractivity contribution is 5.86. The summed E-state index contributed by atoms with van der Waals surface area (Å²) < 4.78 is 5.20. The van der Waals surface area contributed by atoms with E-state index in [0.29, 0.717) is 24.2 Å². The molecule has 0 aromatic carbocycles. The third-order valence-electron chi connectivity index (χ3n) is 5.77. The third-order valence-corrected chi connectivity index (χ3v) is 5.77. The molecule has 0 spiro atoms. The molecule has 0 radical (unpaired) electrons. The second kappa shape index (κ2) is 12.5. The number of rotatable bonds is 11. The van der Waals surface area contributed by atoms with Gasteiger partial charge in [0.05, 0.1) is 5.92 Å². The first-order chi connectivity index (χ1) is 12.0. The van der Waals surface area contributed by atoms with Gasteiger partial charge >= 0.3 is 11.9 Å². The van der Waals surface area contributed by atoms with Crippen molar-refractivity contribution < 1.29 is 14.3 Å². The van der Waals surface area contributed by atoms with Crippen molar-refractivity contribution in [3.63, 3.8) is 0 Å². The molecule has 0 N–H and O–H groups in total. The number of hydrogen-bond donors (Lipinski definition) is 0. The average Bonchev–Trinajstić information content (AvgIpc) is 2.56. The van der Waals surface area contributed by atoms with Crippen LogP contribution in [0, 0.1) is 23.7 Å². The summed E-state index contributed by atoms with van der Waals surface area (Å²) in [5.74, 6) is 0.695. The fraction of sp³-hybridized carbons (Fsp3) is 0.909. The summed E-state index contributed by atoms with van der Waals surface area (Å²) in [5.41, 5.74) is 0. The lowest BCUT2D eigenvalue weighted by Gasteiger charge is -2.35. The summed E-state index contributed by atoms with van der Waals surface area (Å²) in [6, 6.07) is 0. The van der Waals surface area contributed by atoms with Crippen LogP contribution >= 0.6 is 0 Å². The highest BCUT2D eigenvalue weighted by Gasteiger charge is 2.37. The fourth-order valence-electron chi connectivity index (χ4n) is 4.12. The Morgan fingerprint density at radius 1 is 0.960 bits per heavy atom. The molecule has 0 aliphatic heterocycles. The molecule has 25 heavy (non-hydrogen) atoms. The van der Waals surface area contributed by atoms with Crippen LogP contribution in [-0.4, -0.2) is 11.9 Å². The van der Waals surface area contributed by atoms with Crippen LogP contribution in [0.5, 0.6) is 0 Å². The minimum atomic E-state index is -0.322. The first kappa shape index (κ1) is 22.2. The molecule has 1 saturated carbocycles. The van der Waals surface area contributed by atoms with E-state index in [9.17, 15) is 9.59 Å². The van der Waals surface area contributed by atoms with Crippen LogP contribution in [0.3, 0.4) is 0 Å². The zero-order valence-electron chi connectivity index (χ0n) is 17.0. The molecule has 3 unspecified atom stereocenters. The Hall–Kier alpha value is -0.860. The Morgan fingerprint density at radius 3 is 2.16 bits per heavy atom. The molecule has 0 saturated heterocycles. The van der Waals surface area contributed by atoms with Crippen molar-refractivity contribution in [2.24, 2.45) is 23.7 Å². The van der Waals surface area contributed by atoms with Crippen molar-refractivity contribution in [3.05, 3.63) is 0 Å². The van der Waals surface area contributed by atoms with Crippen molar-refractivity contribution >= 4 is 11.9 Å². The van der Waals surface area contributed by atoms with Gasteiger partial charge in [0.1, 0.15) is 0 Å². The molecule has 3 nitrogen and oxygen atoms in total. The highest BCUT2D eigenvalue weighted by Crippen LogP contribution is 2.38. The van der Waals surface area contributed by atoms with Gasteiger partial charge in [0, 0.05) is 6.42 Å². The van der Waals surface area contributed by atoms with E-state index in [0.717, 1.165) is 25.7 Å². The van der Waals surface area contributed by atoms with Gasteiger partial charge in [-0.05, 0) is 37.0 Å². The lowest BCUT2D eigenvalue weighted by atomic mass is 9.70. The van der Waals surface area contributed by atoms with Gasteiger partial charge in [-0.1, -0.05) is 79.1 Å². The molecule has 1 aliphatic carbocycles. The van der Waals surface area contributed by atoms with Crippen LogP contribution in [0.1, 0.15) is 105 Å². The van der Waals surface area contributed by atoms with Gasteiger partial charge in [0.15, 0.2) is 0 Å². The first-order valence-corrected chi connectivity index (χ1v) is 10.7. The maximum Gasteiger partial charge on any atom is 0.316 e. The summed E-state index contributed by atoms with van der Waals surface area (Å²) in [6.45, 7) is 8.76. The number of esters is 2. The minimum absolute atomic E-state index is 0.0914. The molecule has 0 aromatic heterocycles. The molecule has 0 heterocycles. The molecule has 1 fully saturated rings. The molecule has 0 bridgehead atoms. The lowest BCUT2D eigenvalue weighted by Crippen LogP contribution is -2.35. The molecule has 3 atom stereocenters. The van der Waals surface area contributed by atoms with Crippen LogP contribution in [0.4, 0.5) is 0 Å². The van der Waals surface area contributed by atoms with Gasteiger partial charge in [0.2, 0.25) is 0 Å². The first-order valence-electron chi connectivity index (χ1n) is 10.7. The van der Waals surface area contributed by atoms with E-state index in [2.05, 4.69) is 27.7 Å². The summed E-state index contributed by atoms with van der Waals surface area (Å²) in [6.07, 6.45) is 13.1. The van der Waals surface area contributed by atoms with Gasteiger partial charge in [-0.2, -0.15) is 0 Å². The van der Waals surface area contributed by atoms with Gasteiger partial charge in [-0.15, -0.1) is 0 Å². The molecule has 146 valence electrons. The Bertz CT molecular complexity index is 389. The van der Waals surface area contributed by atoms with Crippen LogP contribution in [0.2, 0.25) is 0 Å². The monoisotopic (exact) mass is 352 g/mol. The van der Waals surface area contributed by atoms with Gasteiger partial charge in [0.25, 0.3) is 0 Å². The van der Waals surface area contributed by atoms with E-state index in [1.807, 2.05) is 0 Å². The lowest BCUT2D eigenvalue weighted by molar-refractivity contribution is -0.165. The standard InChI is InChI=1S/C22H40O3/c1-5-6-7-8-9-10-11-12-13-21(23)25-22(24)20-16-18(4)14-15-19(20)17(2)3/h17-20H,5-16H2,1-4H3. The van der Waals surface area contributed by atoms with Crippen LogP contribution in [0.15, 0.2) is 0 Å². The number of carbonyl (C=O) groups is 2. The van der Waals surface area contributed by atoms with E-state index in [1.165, 1.54) is 44.9 Å². The smallest absolute Gasteiger partial charge is 0.316 e. The normalized spacial score (nSPS) is 23.6. The molecule has 1 rings (SSSR count). The van der Waals surface area contributed by atoms with Crippen LogP contribution in [0.25, 0.3) is 0 Å². The average molecular weight is 353 g/mol. The van der Waals surface area contributed by atoms with Crippen molar-refractivity contribution in [1.29, 1.82) is 0 Å². The van der Waals surface area contributed by atoms with Crippen molar-refractivity contribution in [2.45, 2.75) is 105 Å². The Kier molecular flexibility index (Phi) is 11.1. The molecular formula is C22H40O3. The van der Waals surface area contributed by atoms with E-state index < -0.39 is 0 Å². The molecule has 0 aromatic rings. The summed E-state index contributed by atoms with van der Waals surface area (Å²) >= 11 is 0. The van der Waals surface area contributed by atoms with Crippen molar-refractivity contribution in [1.82, 2.24) is 0 Å². The number of ether oxygens (including phenoxy) is 1. The Labute approximate surface area is 155 Å². The van der Waals surface area contributed by atoms with Gasteiger partial charge in [-0.25, -0.2) is 0 Å². The fourth-order valence-corrected chi connectivity index (χ4v) is 4.12. The predicted octanol–water partition coefficient (Wildman–Crippen LogP) is 6.30. The molecule has 0 amide bonds. The topological polar surface area (TPSA) is 43.4 Å². The van der Waals surface area contributed by atoms with E-state index in [4.69, 9.17) is 4.74 Å². The SMILES string of the molecule is CCCCCCCCCCC(=O)OC(=O)C1CC(C)CCC1C(C)C. The predicted molar refractivity (Wildman–Crippen MR) is 103 cm³/mol. The summed E-state index contributed by atoms with van der Waals surface area (Å²) in [4.78, 5) is 24.4. The van der Waals surface area contributed by atoms with Gasteiger partial charge in [-0.3, -0.25) is 9.59 Å². The Balaban J connectivity index is 2.23.